The summed E-state index contributed by atoms with van der Waals surface area (Å²) in [6.07, 6.45) is 0.701. The molecule has 9 heteroatoms. The molecule has 8 nitrogen and oxygen atoms in total. The van der Waals surface area contributed by atoms with Gasteiger partial charge in [0, 0.05) is 41.2 Å². The smallest absolute Gasteiger partial charge is 0.270 e. The van der Waals surface area contributed by atoms with Gasteiger partial charge in [-0.1, -0.05) is 23.7 Å². The fourth-order valence-corrected chi connectivity index (χ4v) is 3.46. The van der Waals surface area contributed by atoms with Crippen LogP contribution in [0.2, 0.25) is 5.02 Å². The van der Waals surface area contributed by atoms with Gasteiger partial charge in [-0.25, -0.2) is 0 Å². The third-order valence-electron chi connectivity index (χ3n) is 4.76. The highest BCUT2D eigenvalue weighted by Gasteiger charge is 2.25. The van der Waals surface area contributed by atoms with Crippen LogP contribution >= 0.6 is 11.6 Å². The number of aromatic nitrogens is 3. The molecule has 0 fully saturated rings. The minimum absolute atomic E-state index is 0.0109. The molecule has 0 aliphatic carbocycles. The van der Waals surface area contributed by atoms with Crippen molar-refractivity contribution in [1.82, 2.24) is 19.7 Å². The predicted molar refractivity (Wildman–Crippen MR) is 111 cm³/mol. The molecular formula is C20H19ClN6O2. The van der Waals surface area contributed by atoms with E-state index in [0.29, 0.717) is 35.1 Å². The van der Waals surface area contributed by atoms with Crippen molar-refractivity contribution in [2.75, 3.05) is 20.6 Å². The van der Waals surface area contributed by atoms with E-state index in [9.17, 15) is 10.1 Å². The minimum atomic E-state index is -0.398. The standard InChI is InChI=1S/C20H19ClN6O2/c1-25(2)10-9-18-23-24-19-12-22-20(13-3-5-14(21)6-4-13)16-11-15(27(28)29)7-8-17(16)26(18)19/h3-8,11H,9-10,12H2,1-2H3. The summed E-state index contributed by atoms with van der Waals surface area (Å²) in [7, 11) is 4.00. The number of rotatable bonds is 5. The van der Waals surface area contributed by atoms with Crippen LogP contribution in [0.25, 0.3) is 5.69 Å². The van der Waals surface area contributed by atoms with Gasteiger partial charge in [0.15, 0.2) is 5.82 Å². The van der Waals surface area contributed by atoms with E-state index >= 15 is 0 Å². The van der Waals surface area contributed by atoms with Crippen molar-refractivity contribution in [1.29, 1.82) is 0 Å². The van der Waals surface area contributed by atoms with E-state index in [4.69, 9.17) is 16.6 Å². The molecule has 1 aliphatic rings. The number of aliphatic imine (C=N–C) groups is 1. The van der Waals surface area contributed by atoms with Gasteiger partial charge in [0.25, 0.3) is 5.69 Å². The molecule has 0 spiro atoms. The molecule has 0 amide bonds. The Balaban J connectivity index is 1.89. The van der Waals surface area contributed by atoms with Crippen LogP contribution in [0.5, 0.6) is 0 Å². The molecule has 0 N–H and O–H groups in total. The highest BCUT2D eigenvalue weighted by Crippen LogP contribution is 2.29. The van der Waals surface area contributed by atoms with Crippen LogP contribution in [0.1, 0.15) is 22.8 Å². The summed E-state index contributed by atoms with van der Waals surface area (Å²) in [6.45, 7) is 1.14. The van der Waals surface area contributed by atoms with Crippen molar-refractivity contribution in [3.8, 4) is 5.69 Å². The average molecular weight is 411 g/mol. The van der Waals surface area contributed by atoms with Crippen LogP contribution in [0.15, 0.2) is 47.5 Å². The molecule has 1 aromatic heterocycles. The van der Waals surface area contributed by atoms with Crippen LogP contribution in [0.4, 0.5) is 5.69 Å². The second kappa shape index (κ2) is 7.73. The second-order valence-electron chi connectivity index (χ2n) is 7.05. The molecular weight excluding hydrogens is 392 g/mol. The van der Waals surface area contributed by atoms with Crippen molar-refractivity contribution in [2.24, 2.45) is 4.99 Å². The first-order chi connectivity index (χ1) is 13.9. The topological polar surface area (TPSA) is 89.5 Å². The van der Waals surface area contributed by atoms with E-state index in [-0.39, 0.29) is 5.69 Å². The molecule has 4 rings (SSSR count). The Kier molecular flexibility index (Phi) is 5.12. The summed E-state index contributed by atoms with van der Waals surface area (Å²) in [6, 6.07) is 12.1. The maximum atomic E-state index is 11.4. The molecule has 0 saturated heterocycles. The van der Waals surface area contributed by atoms with Gasteiger partial charge in [0.2, 0.25) is 0 Å². The number of hydrogen-bond donors (Lipinski definition) is 0. The van der Waals surface area contributed by atoms with Crippen molar-refractivity contribution in [3.05, 3.63) is 80.4 Å². The first-order valence-corrected chi connectivity index (χ1v) is 9.49. The van der Waals surface area contributed by atoms with Gasteiger partial charge in [-0.05, 0) is 32.3 Å². The zero-order valence-corrected chi connectivity index (χ0v) is 16.8. The lowest BCUT2D eigenvalue weighted by Gasteiger charge is -2.14. The molecule has 1 aliphatic heterocycles. The van der Waals surface area contributed by atoms with Gasteiger partial charge >= 0.3 is 0 Å². The van der Waals surface area contributed by atoms with Crippen molar-refractivity contribution in [3.63, 3.8) is 0 Å². The molecule has 0 bridgehead atoms. The molecule has 2 heterocycles. The summed E-state index contributed by atoms with van der Waals surface area (Å²) in [4.78, 5) is 17.8. The normalized spacial score (nSPS) is 12.9. The number of benzene rings is 2. The molecule has 0 radical (unpaired) electrons. The number of likely N-dealkylation sites (N-methyl/N-ethyl adjacent to an activating group) is 1. The van der Waals surface area contributed by atoms with Crippen LogP contribution < -0.4 is 0 Å². The summed E-state index contributed by atoms with van der Waals surface area (Å²) < 4.78 is 1.97. The van der Waals surface area contributed by atoms with Gasteiger partial charge in [0.1, 0.15) is 12.4 Å². The van der Waals surface area contributed by atoms with Crippen LogP contribution in [0.3, 0.4) is 0 Å². The average Bonchev–Trinajstić information content (AvgIpc) is 3.02. The summed E-state index contributed by atoms with van der Waals surface area (Å²) in [5.74, 6) is 1.51. The lowest BCUT2D eigenvalue weighted by Crippen LogP contribution is -2.18. The Bertz CT molecular complexity index is 1100. The Morgan fingerprint density at radius 2 is 1.93 bits per heavy atom. The zero-order chi connectivity index (χ0) is 20.5. The molecule has 0 saturated carbocycles. The van der Waals surface area contributed by atoms with Gasteiger partial charge in [-0.15, -0.1) is 10.2 Å². The third-order valence-corrected chi connectivity index (χ3v) is 5.01. The van der Waals surface area contributed by atoms with E-state index in [1.165, 1.54) is 6.07 Å². The second-order valence-corrected chi connectivity index (χ2v) is 7.49. The largest absolute Gasteiger partial charge is 0.309 e. The highest BCUT2D eigenvalue weighted by atomic mass is 35.5. The number of nitro groups is 1. The molecule has 3 aromatic rings. The molecule has 0 unspecified atom stereocenters. The van der Waals surface area contributed by atoms with Crippen LogP contribution in [-0.2, 0) is 13.0 Å². The SMILES string of the molecule is CN(C)CCc1nnc2n1-c1ccc([N+](=O)[O-])cc1C(c1ccc(Cl)cc1)=NC2. The lowest BCUT2D eigenvalue weighted by molar-refractivity contribution is -0.384. The number of halogens is 1. The maximum absolute atomic E-state index is 11.4. The molecule has 29 heavy (non-hydrogen) atoms. The fourth-order valence-electron chi connectivity index (χ4n) is 3.33. The first kappa shape index (κ1) is 19.2. The number of nitrogens with zero attached hydrogens (tertiary/aromatic N) is 6. The van der Waals surface area contributed by atoms with Gasteiger partial charge in [-0.3, -0.25) is 19.7 Å². The lowest BCUT2D eigenvalue weighted by atomic mass is 9.99. The van der Waals surface area contributed by atoms with Crippen molar-refractivity contribution in [2.45, 2.75) is 13.0 Å². The van der Waals surface area contributed by atoms with Crippen LogP contribution in [0, 0.1) is 10.1 Å². The Hall–Kier alpha value is -3.10. The summed E-state index contributed by atoms with van der Waals surface area (Å²) in [5.41, 5.74) is 2.98. The Labute approximate surface area is 172 Å². The summed E-state index contributed by atoms with van der Waals surface area (Å²) in [5, 5.41) is 20.7. The van der Waals surface area contributed by atoms with E-state index in [2.05, 4.69) is 15.1 Å². The van der Waals surface area contributed by atoms with E-state index in [0.717, 1.165) is 23.6 Å². The van der Waals surface area contributed by atoms with Crippen molar-refractivity contribution < 1.29 is 4.92 Å². The van der Waals surface area contributed by atoms with Gasteiger partial charge in [0.05, 0.1) is 16.3 Å². The Morgan fingerprint density at radius 1 is 1.17 bits per heavy atom. The maximum Gasteiger partial charge on any atom is 0.270 e. The minimum Gasteiger partial charge on any atom is -0.309 e. The van der Waals surface area contributed by atoms with Crippen molar-refractivity contribution >= 4 is 23.0 Å². The molecule has 0 atom stereocenters. The zero-order valence-electron chi connectivity index (χ0n) is 16.0. The third kappa shape index (κ3) is 3.76. The summed E-state index contributed by atoms with van der Waals surface area (Å²) >= 11 is 6.03. The molecule has 148 valence electrons. The fraction of sp³-hybridized carbons (Fsp3) is 0.250. The number of fused-ring (bicyclic) bond motifs is 3. The molecule has 2 aromatic carbocycles. The monoisotopic (exact) mass is 410 g/mol. The number of non-ortho nitro benzene ring substituents is 1. The van der Waals surface area contributed by atoms with E-state index in [1.807, 2.05) is 30.8 Å². The quantitative estimate of drug-likeness (QED) is 0.475. The van der Waals surface area contributed by atoms with E-state index in [1.54, 1.807) is 24.3 Å². The van der Waals surface area contributed by atoms with Gasteiger partial charge < -0.3 is 4.90 Å². The van der Waals surface area contributed by atoms with E-state index < -0.39 is 4.92 Å². The first-order valence-electron chi connectivity index (χ1n) is 9.11. The number of hydrogen-bond acceptors (Lipinski definition) is 6. The Morgan fingerprint density at radius 3 is 2.62 bits per heavy atom. The van der Waals surface area contributed by atoms with Crippen LogP contribution in [-0.4, -0.2) is 50.9 Å². The predicted octanol–water partition coefficient (Wildman–Crippen LogP) is 3.28. The van der Waals surface area contributed by atoms with Gasteiger partial charge in [-0.2, -0.15) is 0 Å². The number of nitro benzene ring substituents is 1. The highest BCUT2D eigenvalue weighted by molar-refractivity contribution is 6.30.